The van der Waals surface area contributed by atoms with E-state index in [2.05, 4.69) is 15.5 Å². The molecule has 0 atom stereocenters. The van der Waals surface area contributed by atoms with E-state index in [0.29, 0.717) is 12.1 Å². The lowest BCUT2D eigenvalue weighted by Gasteiger charge is -2.08. The van der Waals surface area contributed by atoms with Crippen molar-refractivity contribution in [2.45, 2.75) is 6.54 Å². The molecule has 4 nitrogen and oxygen atoms in total. The number of hydrogen-bond donors (Lipinski definition) is 1. The molecule has 3 rings (SSSR count). The summed E-state index contributed by atoms with van der Waals surface area (Å²) in [6.07, 6.45) is 1.67. The van der Waals surface area contributed by atoms with Crippen molar-refractivity contribution >= 4 is 5.69 Å². The summed E-state index contributed by atoms with van der Waals surface area (Å²) in [6, 6.07) is 14.6. The second-order valence-corrected chi connectivity index (χ2v) is 4.79. The maximum absolute atomic E-state index is 13.5. The van der Waals surface area contributed by atoms with Gasteiger partial charge in [-0.1, -0.05) is 18.2 Å². The fourth-order valence-corrected chi connectivity index (χ4v) is 2.12. The Labute approximate surface area is 122 Å². The lowest BCUT2D eigenvalue weighted by atomic mass is 10.1. The molecule has 0 aliphatic carbocycles. The van der Waals surface area contributed by atoms with Crippen LogP contribution in [0.4, 0.5) is 10.1 Å². The largest absolute Gasteiger partial charge is 0.381 e. The average molecular weight is 282 g/mol. The van der Waals surface area contributed by atoms with Crippen molar-refractivity contribution < 1.29 is 4.39 Å². The first-order valence-corrected chi connectivity index (χ1v) is 6.66. The third kappa shape index (κ3) is 2.91. The van der Waals surface area contributed by atoms with Gasteiger partial charge in [0.15, 0.2) is 5.82 Å². The molecule has 0 radical (unpaired) electrons. The van der Waals surface area contributed by atoms with Gasteiger partial charge in [0.1, 0.15) is 12.1 Å². The molecule has 3 aromatic rings. The third-order valence-corrected chi connectivity index (χ3v) is 3.30. The Hall–Kier alpha value is -2.69. The van der Waals surface area contributed by atoms with Gasteiger partial charge in [0.2, 0.25) is 0 Å². The van der Waals surface area contributed by atoms with Crippen LogP contribution in [0.1, 0.15) is 5.56 Å². The van der Waals surface area contributed by atoms with Crippen molar-refractivity contribution in [3.8, 4) is 11.4 Å². The van der Waals surface area contributed by atoms with Gasteiger partial charge in [-0.25, -0.2) is 4.39 Å². The van der Waals surface area contributed by atoms with Crippen LogP contribution in [0.2, 0.25) is 0 Å². The molecular formula is C16H15FN4. The number of benzene rings is 2. The summed E-state index contributed by atoms with van der Waals surface area (Å²) in [5, 5.41) is 11.1. The van der Waals surface area contributed by atoms with E-state index in [0.717, 1.165) is 17.1 Å². The predicted octanol–water partition coefficient (Wildman–Crippen LogP) is 3.23. The molecule has 0 saturated carbocycles. The zero-order chi connectivity index (χ0) is 14.7. The number of nitrogens with one attached hydrogen (secondary N) is 1. The minimum Gasteiger partial charge on any atom is -0.381 e. The highest BCUT2D eigenvalue weighted by Gasteiger charge is 2.04. The molecule has 5 heteroatoms. The predicted molar refractivity (Wildman–Crippen MR) is 80.2 cm³/mol. The van der Waals surface area contributed by atoms with Crippen LogP contribution in [0.15, 0.2) is 54.9 Å². The van der Waals surface area contributed by atoms with Crippen molar-refractivity contribution in [2.24, 2.45) is 7.05 Å². The van der Waals surface area contributed by atoms with Crippen molar-refractivity contribution in [1.82, 2.24) is 14.8 Å². The van der Waals surface area contributed by atoms with E-state index in [9.17, 15) is 4.39 Å². The molecule has 0 spiro atoms. The van der Waals surface area contributed by atoms with Gasteiger partial charge in [-0.15, -0.1) is 10.2 Å². The van der Waals surface area contributed by atoms with Crippen LogP contribution < -0.4 is 5.32 Å². The van der Waals surface area contributed by atoms with Crippen LogP contribution >= 0.6 is 0 Å². The topological polar surface area (TPSA) is 42.7 Å². The molecule has 106 valence electrons. The van der Waals surface area contributed by atoms with E-state index in [4.69, 9.17) is 0 Å². The fraction of sp³-hybridized carbons (Fsp3) is 0.125. The number of anilines is 1. The van der Waals surface area contributed by atoms with Gasteiger partial charge in [-0.05, 0) is 30.3 Å². The van der Waals surface area contributed by atoms with Crippen LogP contribution in [-0.4, -0.2) is 14.8 Å². The van der Waals surface area contributed by atoms with Crippen molar-refractivity contribution in [1.29, 1.82) is 0 Å². The van der Waals surface area contributed by atoms with E-state index >= 15 is 0 Å². The Morgan fingerprint density at radius 3 is 2.52 bits per heavy atom. The smallest absolute Gasteiger partial charge is 0.163 e. The van der Waals surface area contributed by atoms with Gasteiger partial charge in [0, 0.05) is 30.4 Å². The van der Waals surface area contributed by atoms with Gasteiger partial charge >= 0.3 is 0 Å². The summed E-state index contributed by atoms with van der Waals surface area (Å²) in [7, 11) is 1.90. The van der Waals surface area contributed by atoms with Gasteiger partial charge in [0.05, 0.1) is 0 Å². The maximum atomic E-state index is 13.5. The molecule has 0 amide bonds. The standard InChI is InChI=1S/C16H15FN4/c1-21-11-19-20-16(21)12-6-8-14(9-7-12)18-10-13-4-2-3-5-15(13)17/h2-9,11,18H,10H2,1H3. The fourth-order valence-electron chi connectivity index (χ4n) is 2.12. The quantitative estimate of drug-likeness (QED) is 0.799. The van der Waals surface area contributed by atoms with Crippen molar-refractivity contribution in [3.05, 3.63) is 66.2 Å². The van der Waals surface area contributed by atoms with E-state index < -0.39 is 0 Å². The third-order valence-electron chi connectivity index (χ3n) is 3.30. The van der Waals surface area contributed by atoms with E-state index in [1.165, 1.54) is 6.07 Å². The Morgan fingerprint density at radius 1 is 1.10 bits per heavy atom. The molecule has 1 aromatic heterocycles. The molecule has 2 aromatic carbocycles. The summed E-state index contributed by atoms with van der Waals surface area (Å²) in [4.78, 5) is 0. The zero-order valence-electron chi connectivity index (χ0n) is 11.6. The summed E-state index contributed by atoms with van der Waals surface area (Å²) < 4.78 is 15.4. The molecule has 0 saturated heterocycles. The summed E-state index contributed by atoms with van der Waals surface area (Å²) >= 11 is 0. The monoisotopic (exact) mass is 282 g/mol. The van der Waals surface area contributed by atoms with Gasteiger partial charge in [-0.3, -0.25) is 0 Å². The maximum Gasteiger partial charge on any atom is 0.163 e. The highest BCUT2D eigenvalue weighted by atomic mass is 19.1. The van der Waals surface area contributed by atoms with Crippen molar-refractivity contribution in [3.63, 3.8) is 0 Å². The van der Waals surface area contributed by atoms with Crippen LogP contribution in [0.25, 0.3) is 11.4 Å². The number of nitrogens with zero attached hydrogens (tertiary/aromatic N) is 3. The first kappa shape index (κ1) is 13.3. The molecule has 0 aliphatic rings. The molecule has 0 fully saturated rings. The highest BCUT2D eigenvalue weighted by Crippen LogP contribution is 2.19. The van der Waals surface area contributed by atoms with Gasteiger partial charge < -0.3 is 9.88 Å². The molecule has 21 heavy (non-hydrogen) atoms. The molecule has 0 unspecified atom stereocenters. The zero-order valence-corrected chi connectivity index (χ0v) is 11.6. The SMILES string of the molecule is Cn1cnnc1-c1ccc(NCc2ccccc2F)cc1. The van der Waals surface area contributed by atoms with Crippen LogP contribution in [0.3, 0.4) is 0 Å². The van der Waals surface area contributed by atoms with Crippen LogP contribution in [-0.2, 0) is 13.6 Å². The molecular weight excluding hydrogens is 267 g/mol. The highest BCUT2D eigenvalue weighted by molar-refractivity contribution is 5.59. The van der Waals surface area contributed by atoms with E-state index in [1.807, 2.05) is 41.9 Å². The molecule has 0 aliphatic heterocycles. The Bertz CT molecular complexity index is 734. The van der Waals surface area contributed by atoms with E-state index in [-0.39, 0.29) is 5.82 Å². The number of aromatic nitrogens is 3. The summed E-state index contributed by atoms with van der Waals surface area (Å²) in [5.41, 5.74) is 2.57. The minimum atomic E-state index is -0.194. The summed E-state index contributed by atoms with van der Waals surface area (Å²) in [5.74, 6) is 0.622. The Balaban J connectivity index is 1.71. The first-order valence-electron chi connectivity index (χ1n) is 6.66. The molecule has 1 N–H and O–H groups in total. The lowest BCUT2D eigenvalue weighted by molar-refractivity contribution is 0.613. The molecule has 1 heterocycles. The Morgan fingerprint density at radius 2 is 1.86 bits per heavy atom. The van der Waals surface area contributed by atoms with E-state index in [1.54, 1.807) is 18.5 Å². The number of rotatable bonds is 4. The van der Waals surface area contributed by atoms with Crippen LogP contribution in [0, 0.1) is 5.82 Å². The summed E-state index contributed by atoms with van der Waals surface area (Å²) in [6.45, 7) is 0.454. The first-order chi connectivity index (χ1) is 10.2. The lowest BCUT2D eigenvalue weighted by Crippen LogP contribution is -2.01. The second-order valence-electron chi connectivity index (χ2n) is 4.79. The minimum absolute atomic E-state index is 0.194. The molecule has 0 bridgehead atoms. The van der Waals surface area contributed by atoms with Crippen LogP contribution in [0.5, 0.6) is 0 Å². The Kier molecular flexibility index (Phi) is 3.64. The van der Waals surface area contributed by atoms with Gasteiger partial charge in [0.25, 0.3) is 0 Å². The number of aryl methyl sites for hydroxylation is 1. The number of hydrogen-bond acceptors (Lipinski definition) is 3. The normalized spacial score (nSPS) is 10.6. The van der Waals surface area contributed by atoms with Gasteiger partial charge in [-0.2, -0.15) is 0 Å². The average Bonchev–Trinajstić information content (AvgIpc) is 2.93. The number of halogens is 1. The second kappa shape index (κ2) is 5.75. The van der Waals surface area contributed by atoms with Crippen molar-refractivity contribution in [2.75, 3.05) is 5.32 Å².